The monoisotopic (exact) mass is 176 g/mol. The second-order valence-electron chi connectivity index (χ2n) is 2.56. The Morgan fingerprint density at radius 1 is 1.42 bits per heavy atom. The van der Waals surface area contributed by atoms with Crippen LogP contribution in [0.5, 0.6) is 0 Å². The summed E-state index contributed by atoms with van der Waals surface area (Å²) < 4.78 is 0. The van der Waals surface area contributed by atoms with Gasteiger partial charge in [0.1, 0.15) is 0 Å². The molecule has 0 aliphatic carbocycles. The average Bonchev–Trinajstić information content (AvgIpc) is 1.93. The van der Waals surface area contributed by atoms with E-state index in [9.17, 15) is 4.79 Å². The zero-order valence-electron chi connectivity index (χ0n) is 9.08. The Morgan fingerprint density at radius 3 is 2.33 bits per heavy atom. The fraction of sp³-hybridized carbons (Fsp3) is 0.222. The maximum absolute atomic E-state index is 10.3. The third kappa shape index (κ3) is 3.73. The molecule has 0 unspecified atom stereocenters. The van der Waals surface area contributed by atoms with Crippen molar-refractivity contribution >= 4 is 29.0 Å². The van der Waals surface area contributed by atoms with Crippen LogP contribution in [0.4, 0.5) is 0 Å². The SMILES string of the molecule is Cc1ccc(CC(=O)O)cc1.[H-].[H-].[Mg+2]. The van der Waals surface area contributed by atoms with Crippen molar-refractivity contribution < 1.29 is 12.8 Å². The van der Waals surface area contributed by atoms with Crippen molar-refractivity contribution in [3.8, 4) is 0 Å². The Morgan fingerprint density at radius 2 is 1.92 bits per heavy atom. The van der Waals surface area contributed by atoms with Crippen LogP contribution in [0.1, 0.15) is 14.0 Å². The first-order valence-corrected chi connectivity index (χ1v) is 3.46. The molecule has 0 fully saturated rings. The zero-order chi connectivity index (χ0) is 8.27. The van der Waals surface area contributed by atoms with E-state index in [1.54, 1.807) is 0 Å². The van der Waals surface area contributed by atoms with E-state index in [0.717, 1.165) is 11.1 Å². The van der Waals surface area contributed by atoms with E-state index in [0.29, 0.717) is 0 Å². The van der Waals surface area contributed by atoms with E-state index in [-0.39, 0.29) is 32.3 Å². The number of aryl methyl sites for hydroxylation is 1. The Balaban J connectivity index is -0.000000403. The minimum atomic E-state index is -0.783. The van der Waals surface area contributed by atoms with Gasteiger partial charge < -0.3 is 7.96 Å². The second-order valence-corrected chi connectivity index (χ2v) is 2.56. The summed E-state index contributed by atoms with van der Waals surface area (Å²) in [6, 6.07) is 7.50. The van der Waals surface area contributed by atoms with Crippen LogP contribution in [0.2, 0.25) is 0 Å². The summed E-state index contributed by atoms with van der Waals surface area (Å²) in [6.45, 7) is 1.98. The van der Waals surface area contributed by atoms with Gasteiger partial charge in [0.05, 0.1) is 6.42 Å². The second kappa shape index (κ2) is 5.16. The van der Waals surface area contributed by atoms with E-state index >= 15 is 0 Å². The molecule has 0 saturated carbocycles. The third-order valence-electron chi connectivity index (χ3n) is 1.48. The van der Waals surface area contributed by atoms with Gasteiger partial charge in [-0.05, 0) is 12.5 Å². The van der Waals surface area contributed by atoms with E-state index in [1.165, 1.54) is 0 Å². The molecule has 1 rings (SSSR count). The van der Waals surface area contributed by atoms with Crippen LogP contribution in [-0.2, 0) is 11.2 Å². The number of carboxylic acids is 1. The number of benzene rings is 1. The van der Waals surface area contributed by atoms with Crippen molar-refractivity contribution in [2.75, 3.05) is 0 Å². The van der Waals surface area contributed by atoms with Crippen LogP contribution in [0, 0.1) is 6.92 Å². The largest absolute Gasteiger partial charge is 2.00 e. The molecule has 0 aliphatic rings. The Kier molecular flexibility index (Phi) is 4.93. The van der Waals surface area contributed by atoms with Gasteiger partial charge in [-0.3, -0.25) is 4.79 Å². The van der Waals surface area contributed by atoms with Gasteiger partial charge >= 0.3 is 29.0 Å². The quantitative estimate of drug-likeness (QED) is 0.693. The van der Waals surface area contributed by atoms with Crippen LogP contribution >= 0.6 is 0 Å². The average molecular weight is 176 g/mol. The molecule has 0 aromatic heterocycles. The van der Waals surface area contributed by atoms with Crippen molar-refractivity contribution in [1.82, 2.24) is 0 Å². The number of carbonyl (C=O) groups is 1. The van der Waals surface area contributed by atoms with Crippen LogP contribution < -0.4 is 0 Å². The maximum atomic E-state index is 10.3. The molecule has 12 heavy (non-hydrogen) atoms. The zero-order valence-corrected chi connectivity index (χ0v) is 8.49. The van der Waals surface area contributed by atoms with Crippen LogP contribution in [0.25, 0.3) is 0 Å². The predicted octanol–water partition coefficient (Wildman–Crippen LogP) is 1.47. The minimum absolute atomic E-state index is 0. The fourth-order valence-electron chi connectivity index (χ4n) is 0.881. The summed E-state index contributed by atoms with van der Waals surface area (Å²) in [4.78, 5) is 10.3. The summed E-state index contributed by atoms with van der Waals surface area (Å²) in [5, 5.41) is 8.44. The fourth-order valence-corrected chi connectivity index (χ4v) is 0.881. The van der Waals surface area contributed by atoms with Gasteiger partial charge in [0.2, 0.25) is 0 Å². The van der Waals surface area contributed by atoms with Gasteiger partial charge in [0.15, 0.2) is 0 Å². The summed E-state index contributed by atoms with van der Waals surface area (Å²) in [6.07, 6.45) is 0.111. The first kappa shape index (κ1) is 11.5. The molecule has 1 aromatic carbocycles. The molecule has 3 heteroatoms. The summed E-state index contributed by atoms with van der Waals surface area (Å²) in [7, 11) is 0. The number of rotatable bonds is 2. The van der Waals surface area contributed by atoms with E-state index in [1.807, 2.05) is 31.2 Å². The first-order chi connectivity index (χ1) is 5.18. The minimum Gasteiger partial charge on any atom is -1.00 e. The summed E-state index contributed by atoms with van der Waals surface area (Å²) in [5.74, 6) is -0.783. The van der Waals surface area contributed by atoms with Crippen molar-refractivity contribution in [2.45, 2.75) is 13.3 Å². The Hall–Kier alpha value is -0.544. The van der Waals surface area contributed by atoms with E-state index < -0.39 is 5.97 Å². The smallest absolute Gasteiger partial charge is 1.00 e. The van der Waals surface area contributed by atoms with Gasteiger partial charge in [0.25, 0.3) is 0 Å². The van der Waals surface area contributed by atoms with Crippen molar-refractivity contribution in [1.29, 1.82) is 0 Å². The topological polar surface area (TPSA) is 37.3 Å². The first-order valence-electron chi connectivity index (χ1n) is 3.46. The molecule has 0 atom stereocenters. The van der Waals surface area contributed by atoms with Crippen molar-refractivity contribution in [3.63, 3.8) is 0 Å². The van der Waals surface area contributed by atoms with Gasteiger partial charge in [-0.15, -0.1) is 0 Å². The van der Waals surface area contributed by atoms with Crippen molar-refractivity contribution in [3.05, 3.63) is 35.4 Å². The predicted molar refractivity (Wildman–Crippen MR) is 50.5 cm³/mol. The summed E-state index contributed by atoms with van der Waals surface area (Å²) >= 11 is 0. The van der Waals surface area contributed by atoms with Crippen LogP contribution in [-0.4, -0.2) is 34.1 Å². The molecule has 0 amide bonds. The molecule has 2 nitrogen and oxygen atoms in total. The molecule has 1 N–H and O–H groups in total. The molecule has 0 radical (unpaired) electrons. The van der Waals surface area contributed by atoms with E-state index in [2.05, 4.69) is 0 Å². The third-order valence-corrected chi connectivity index (χ3v) is 1.48. The standard InChI is InChI=1S/C9H10O2.Mg.2H/c1-7-2-4-8(5-3-7)6-9(10)11;;;/h2-5H,6H2,1H3,(H,10,11);;;/q;+2;2*-1. The molecule has 0 spiro atoms. The molecule has 0 saturated heterocycles. The van der Waals surface area contributed by atoms with Gasteiger partial charge in [-0.2, -0.15) is 0 Å². The summed E-state index contributed by atoms with van der Waals surface area (Å²) in [5.41, 5.74) is 2.00. The number of hydrogen-bond acceptors (Lipinski definition) is 1. The van der Waals surface area contributed by atoms with Crippen LogP contribution in [0.3, 0.4) is 0 Å². The van der Waals surface area contributed by atoms with Gasteiger partial charge in [-0.1, -0.05) is 29.8 Å². The Bertz CT molecular complexity index is 262. The molecule has 1 aromatic rings. The number of aliphatic carboxylic acids is 1. The Labute approximate surface area is 90.7 Å². The molecule has 0 heterocycles. The van der Waals surface area contributed by atoms with E-state index in [4.69, 9.17) is 5.11 Å². The van der Waals surface area contributed by atoms with Crippen molar-refractivity contribution in [2.24, 2.45) is 0 Å². The molecule has 0 bridgehead atoms. The molecular weight excluding hydrogens is 164 g/mol. The molecule has 0 aliphatic heterocycles. The molecular formula is C9H12MgO2. The maximum Gasteiger partial charge on any atom is 2.00 e. The molecule has 62 valence electrons. The number of hydrogen-bond donors (Lipinski definition) is 1. The normalized spacial score (nSPS) is 8.75. The van der Waals surface area contributed by atoms with Gasteiger partial charge in [-0.25, -0.2) is 0 Å². The van der Waals surface area contributed by atoms with Crippen LogP contribution in [0.15, 0.2) is 24.3 Å². The number of carboxylic acid groups (broad SMARTS) is 1. The van der Waals surface area contributed by atoms with Gasteiger partial charge in [0, 0.05) is 0 Å².